The maximum atomic E-state index is 10.2. The minimum atomic E-state index is -0.661. The Labute approximate surface area is 103 Å². The molecule has 1 radical (unpaired) electrons. The summed E-state index contributed by atoms with van der Waals surface area (Å²) in [6, 6.07) is 0. The van der Waals surface area contributed by atoms with Gasteiger partial charge in [0.25, 0.3) is 0 Å². The number of carboxylic acid groups (broad SMARTS) is 1. The molecule has 0 fully saturated rings. The predicted molar refractivity (Wildman–Crippen MR) is 54.9 cm³/mol. The van der Waals surface area contributed by atoms with E-state index in [1.165, 1.54) is 38.5 Å². The van der Waals surface area contributed by atoms with Gasteiger partial charge in [-0.1, -0.05) is 51.9 Å². The van der Waals surface area contributed by atoms with Crippen LogP contribution in [0.5, 0.6) is 0 Å². The van der Waals surface area contributed by atoms with E-state index in [0.717, 1.165) is 12.8 Å². The third-order valence-corrected chi connectivity index (χ3v) is 2.24. The van der Waals surface area contributed by atoms with E-state index in [-0.39, 0.29) is 22.4 Å². The minimum absolute atomic E-state index is 0. The second-order valence-electron chi connectivity index (χ2n) is 3.62. The summed E-state index contributed by atoms with van der Waals surface area (Å²) < 4.78 is 0. The Kier molecular flexibility index (Phi) is 15.7. The van der Waals surface area contributed by atoms with E-state index in [9.17, 15) is 4.79 Å². The van der Waals surface area contributed by atoms with E-state index in [0.29, 0.717) is 6.42 Å². The van der Waals surface area contributed by atoms with Crippen molar-refractivity contribution >= 4 is 5.97 Å². The third-order valence-electron chi connectivity index (χ3n) is 2.24. The first-order valence-corrected chi connectivity index (χ1v) is 5.49. The Bertz CT molecular complexity index is 126. The Hall–Kier alpha value is 0.210. The molecule has 0 aliphatic rings. The van der Waals surface area contributed by atoms with Gasteiger partial charge in [-0.3, -0.25) is 4.79 Å². The summed E-state index contributed by atoms with van der Waals surface area (Å²) in [6.45, 7) is 2.22. The largest absolute Gasteiger partial charge is 0.481 e. The zero-order valence-corrected chi connectivity index (χ0v) is 10.5. The molecule has 0 heterocycles. The van der Waals surface area contributed by atoms with E-state index < -0.39 is 5.97 Å². The van der Waals surface area contributed by atoms with Gasteiger partial charge in [-0.25, -0.2) is 0 Å². The standard InChI is InChI=1S/C11H22O2.Ag/c1-2-3-4-5-6-7-8-9-10-11(12)13;/h2-10H2,1H3,(H,12,13);. The molecule has 0 bridgehead atoms. The molecule has 0 rings (SSSR count). The molecule has 0 aliphatic carbocycles. The predicted octanol–water partition coefficient (Wildman–Crippen LogP) is 3.60. The molecule has 0 atom stereocenters. The second kappa shape index (κ2) is 13.2. The molecule has 89 valence electrons. The van der Waals surface area contributed by atoms with Crippen molar-refractivity contribution in [3.8, 4) is 0 Å². The van der Waals surface area contributed by atoms with E-state index >= 15 is 0 Å². The molecule has 0 aromatic heterocycles. The number of hydrogen-bond acceptors (Lipinski definition) is 1. The van der Waals surface area contributed by atoms with Crippen LogP contribution in [0, 0.1) is 0 Å². The number of hydrogen-bond donors (Lipinski definition) is 1. The summed E-state index contributed by atoms with van der Waals surface area (Å²) in [6.07, 6.45) is 10.1. The summed E-state index contributed by atoms with van der Waals surface area (Å²) in [7, 11) is 0. The number of carboxylic acids is 1. The van der Waals surface area contributed by atoms with Gasteiger partial charge in [0.05, 0.1) is 0 Å². The Morgan fingerprint density at radius 1 is 0.929 bits per heavy atom. The van der Waals surface area contributed by atoms with Gasteiger partial charge in [-0.15, -0.1) is 0 Å². The SMILES string of the molecule is CCCCCCCCCCC(=O)O.[Ag]. The van der Waals surface area contributed by atoms with Gasteiger partial charge in [-0.05, 0) is 6.42 Å². The summed E-state index contributed by atoms with van der Waals surface area (Å²) >= 11 is 0. The summed E-state index contributed by atoms with van der Waals surface area (Å²) in [5.41, 5.74) is 0. The number of unbranched alkanes of at least 4 members (excludes halogenated alkanes) is 7. The fourth-order valence-electron chi connectivity index (χ4n) is 1.41. The number of aliphatic carboxylic acids is 1. The van der Waals surface area contributed by atoms with Crippen molar-refractivity contribution in [2.45, 2.75) is 64.7 Å². The van der Waals surface area contributed by atoms with Gasteiger partial charge in [0.2, 0.25) is 0 Å². The van der Waals surface area contributed by atoms with Crippen molar-refractivity contribution in [2.24, 2.45) is 0 Å². The molecule has 0 amide bonds. The molecule has 0 unspecified atom stereocenters. The van der Waals surface area contributed by atoms with E-state index in [1.807, 2.05) is 0 Å². The van der Waals surface area contributed by atoms with Crippen molar-refractivity contribution in [3.05, 3.63) is 0 Å². The van der Waals surface area contributed by atoms with Crippen LogP contribution >= 0.6 is 0 Å². The number of carbonyl (C=O) groups is 1. The topological polar surface area (TPSA) is 37.3 Å². The molecule has 0 spiro atoms. The third kappa shape index (κ3) is 14.7. The average Bonchev–Trinajstić information content (AvgIpc) is 2.09. The van der Waals surface area contributed by atoms with Gasteiger partial charge < -0.3 is 5.11 Å². The van der Waals surface area contributed by atoms with E-state index in [1.54, 1.807) is 0 Å². The zero-order valence-electron chi connectivity index (χ0n) is 9.02. The zero-order chi connectivity index (χ0) is 9.94. The van der Waals surface area contributed by atoms with Crippen LogP contribution in [0.15, 0.2) is 0 Å². The Morgan fingerprint density at radius 2 is 1.36 bits per heavy atom. The van der Waals surface area contributed by atoms with E-state index in [2.05, 4.69) is 6.92 Å². The summed E-state index contributed by atoms with van der Waals surface area (Å²) in [5.74, 6) is -0.661. The van der Waals surface area contributed by atoms with Crippen LogP contribution in [0.2, 0.25) is 0 Å². The summed E-state index contributed by atoms with van der Waals surface area (Å²) in [4.78, 5) is 10.2. The van der Waals surface area contributed by atoms with Crippen molar-refractivity contribution in [2.75, 3.05) is 0 Å². The van der Waals surface area contributed by atoms with Crippen molar-refractivity contribution in [1.29, 1.82) is 0 Å². The van der Waals surface area contributed by atoms with Gasteiger partial charge in [0, 0.05) is 28.8 Å². The van der Waals surface area contributed by atoms with Crippen LogP contribution in [0.25, 0.3) is 0 Å². The van der Waals surface area contributed by atoms with E-state index in [4.69, 9.17) is 5.11 Å². The van der Waals surface area contributed by atoms with Crippen molar-refractivity contribution in [1.82, 2.24) is 0 Å². The first kappa shape index (κ1) is 16.6. The van der Waals surface area contributed by atoms with Gasteiger partial charge in [0.1, 0.15) is 0 Å². The van der Waals surface area contributed by atoms with Gasteiger partial charge in [-0.2, -0.15) is 0 Å². The molecule has 14 heavy (non-hydrogen) atoms. The first-order chi connectivity index (χ1) is 6.27. The monoisotopic (exact) mass is 293 g/mol. The maximum absolute atomic E-state index is 10.2. The molecule has 0 aliphatic heterocycles. The fourth-order valence-corrected chi connectivity index (χ4v) is 1.41. The normalized spacial score (nSPS) is 9.50. The Balaban J connectivity index is 0. The first-order valence-electron chi connectivity index (χ1n) is 5.49. The van der Waals surface area contributed by atoms with Crippen LogP contribution in [0.4, 0.5) is 0 Å². The van der Waals surface area contributed by atoms with Crippen molar-refractivity contribution < 1.29 is 32.3 Å². The average molecular weight is 294 g/mol. The molecule has 0 aromatic rings. The van der Waals surface area contributed by atoms with Crippen LogP contribution in [0.3, 0.4) is 0 Å². The molecule has 2 nitrogen and oxygen atoms in total. The molecule has 0 aromatic carbocycles. The molecule has 0 saturated heterocycles. The molecular weight excluding hydrogens is 272 g/mol. The van der Waals surface area contributed by atoms with Gasteiger partial charge in [0.15, 0.2) is 0 Å². The van der Waals surface area contributed by atoms with Crippen LogP contribution in [-0.4, -0.2) is 11.1 Å². The maximum Gasteiger partial charge on any atom is 0.303 e. The quantitative estimate of drug-likeness (QED) is 0.521. The van der Waals surface area contributed by atoms with Gasteiger partial charge >= 0.3 is 5.97 Å². The molecular formula is C11H22AgO2. The Morgan fingerprint density at radius 3 is 1.79 bits per heavy atom. The van der Waals surface area contributed by atoms with Crippen LogP contribution in [0.1, 0.15) is 64.7 Å². The fraction of sp³-hybridized carbons (Fsp3) is 0.909. The molecule has 3 heteroatoms. The molecule has 1 N–H and O–H groups in total. The molecule has 0 saturated carbocycles. The van der Waals surface area contributed by atoms with Crippen LogP contribution < -0.4 is 0 Å². The summed E-state index contributed by atoms with van der Waals surface area (Å²) in [5, 5.41) is 8.39. The minimum Gasteiger partial charge on any atom is -0.481 e. The smallest absolute Gasteiger partial charge is 0.303 e. The van der Waals surface area contributed by atoms with Crippen LogP contribution in [-0.2, 0) is 27.2 Å². The number of rotatable bonds is 9. The second-order valence-corrected chi connectivity index (χ2v) is 3.62. The van der Waals surface area contributed by atoms with Crippen molar-refractivity contribution in [3.63, 3.8) is 0 Å².